The normalized spacial score (nSPS) is 21.7. The Bertz CT molecular complexity index is 543. The zero-order valence-corrected chi connectivity index (χ0v) is 13.8. The molecule has 1 fully saturated rings. The Morgan fingerprint density at radius 2 is 2.18 bits per heavy atom. The van der Waals surface area contributed by atoms with Crippen molar-refractivity contribution in [3.8, 4) is 0 Å². The topological polar surface area (TPSA) is 70.6 Å². The van der Waals surface area contributed by atoms with Crippen LogP contribution in [0.15, 0.2) is 18.2 Å². The van der Waals surface area contributed by atoms with Gasteiger partial charge in [-0.2, -0.15) is 0 Å². The number of nitrogens with one attached hydrogen (secondary N) is 2. The third-order valence-corrected chi connectivity index (χ3v) is 3.68. The van der Waals surface area contributed by atoms with E-state index in [1.54, 1.807) is 0 Å². The summed E-state index contributed by atoms with van der Waals surface area (Å²) in [6.45, 7) is 8.92. The first-order valence-corrected chi connectivity index (χ1v) is 7.70. The molecule has 5 nitrogen and oxygen atoms in total. The van der Waals surface area contributed by atoms with Crippen LogP contribution in [-0.4, -0.2) is 35.5 Å². The maximum Gasteiger partial charge on any atom is 0.412 e. The fourth-order valence-electron chi connectivity index (χ4n) is 2.65. The quantitative estimate of drug-likeness (QED) is 0.803. The summed E-state index contributed by atoms with van der Waals surface area (Å²) in [5.74, 6) is 0. The molecule has 0 aliphatic carbocycles. The van der Waals surface area contributed by atoms with Crippen molar-refractivity contribution in [2.24, 2.45) is 0 Å². The second kappa shape index (κ2) is 6.26. The molecule has 1 aromatic carbocycles. The van der Waals surface area contributed by atoms with Crippen LogP contribution < -0.4 is 10.6 Å². The van der Waals surface area contributed by atoms with Gasteiger partial charge in [-0.05, 0) is 57.9 Å². The number of rotatable bonds is 3. The van der Waals surface area contributed by atoms with Crippen LogP contribution in [0.1, 0.15) is 38.3 Å². The van der Waals surface area contributed by atoms with Gasteiger partial charge in [0.1, 0.15) is 5.60 Å². The Morgan fingerprint density at radius 3 is 2.73 bits per heavy atom. The van der Waals surface area contributed by atoms with Crippen molar-refractivity contribution in [1.82, 2.24) is 5.32 Å². The molecular weight excluding hydrogens is 280 g/mol. The summed E-state index contributed by atoms with van der Waals surface area (Å²) < 4.78 is 5.25. The van der Waals surface area contributed by atoms with Crippen molar-refractivity contribution in [2.45, 2.75) is 51.7 Å². The molecule has 5 heteroatoms. The lowest BCUT2D eigenvalue weighted by molar-refractivity contribution is 0.0614. The number of ether oxygens (including phenoxy) is 1. The van der Waals surface area contributed by atoms with Gasteiger partial charge in [0.05, 0.1) is 5.60 Å². The Kier molecular flexibility index (Phi) is 4.78. The fraction of sp³-hybridized carbons (Fsp3) is 0.588. The minimum atomic E-state index is -0.660. The minimum absolute atomic E-state index is 0.457. The molecule has 2 rings (SSSR count). The molecule has 1 aliphatic rings. The zero-order chi connectivity index (χ0) is 16.4. The highest BCUT2D eigenvalue weighted by Gasteiger charge is 2.31. The molecule has 1 heterocycles. The SMILES string of the molecule is Cc1cc(CC2(O)CCNC2)ccc1NC(=O)OC(C)(C)C. The van der Waals surface area contributed by atoms with E-state index in [4.69, 9.17) is 4.74 Å². The van der Waals surface area contributed by atoms with Gasteiger partial charge in [0.25, 0.3) is 0 Å². The number of benzene rings is 1. The first-order chi connectivity index (χ1) is 10.2. The highest BCUT2D eigenvalue weighted by Crippen LogP contribution is 2.24. The van der Waals surface area contributed by atoms with E-state index >= 15 is 0 Å². The van der Waals surface area contributed by atoms with Crippen molar-refractivity contribution in [3.63, 3.8) is 0 Å². The third kappa shape index (κ3) is 4.71. The van der Waals surface area contributed by atoms with E-state index in [9.17, 15) is 9.90 Å². The van der Waals surface area contributed by atoms with Gasteiger partial charge in [-0.25, -0.2) is 4.79 Å². The van der Waals surface area contributed by atoms with Crippen LogP contribution in [0.5, 0.6) is 0 Å². The summed E-state index contributed by atoms with van der Waals surface area (Å²) >= 11 is 0. The molecular formula is C17H26N2O3. The van der Waals surface area contributed by atoms with E-state index < -0.39 is 17.3 Å². The van der Waals surface area contributed by atoms with Gasteiger partial charge < -0.3 is 15.2 Å². The number of aryl methyl sites for hydroxylation is 1. The monoisotopic (exact) mass is 306 g/mol. The number of anilines is 1. The molecule has 1 aliphatic heterocycles. The average molecular weight is 306 g/mol. The van der Waals surface area contributed by atoms with Crippen LogP contribution in [-0.2, 0) is 11.2 Å². The summed E-state index contributed by atoms with van der Waals surface area (Å²) in [7, 11) is 0. The van der Waals surface area contributed by atoms with Gasteiger partial charge in [0.2, 0.25) is 0 Å². The van der Waals surface area contributed by atoms with E-state index in [-0.39, 0.29) is 0 Å². The molecule has 1 atom stereocenters. The molecule has 22 heavy (non-hydrogen) atoms. The molecule has 1 amide bonds. The largest absolute Gasteiger partial charge is 0.444 e. The minimum Gasteiger partial charge on any atom is -0.444 e. The van der Waals surface area contributed by atoms with E-state index in [1.807, 2.05) is 45.9 Å². The number of hydrogen-bond acceptors (Lipinski definition) is 4. The van der Waals surface area contributed by atoms with Gasteiger partial charge in [0, 0.05) is 18.7 Å². The lowest BCUT2D eigenvalue weighted by Crippen LogP contribution is -2.33. The van der Waals surface area contributed by atoms with Gasteiger partial charge in [0.15, 0.2) is 0 Å². The van der Waals surface area contributed by atoms with Gasteiger partial charge >= 0.3 is 6.09 Å². The summed E-state index contributed by atoms with van der Waals surface area (Å²) in [5, 5.41) is 16.4. The van der Waals surface area contributed by atoms with Crippen LogP contribution in [0.4, 0.5) is 10.5 Å². The van der Waals surface area contributed by atoms with Crippen LogP contribution in [0.2, 0.25) is 0 Å². The highest BCUT2D eigenvalue weighted by molar-refractivity contribution is 5.85. The Balaban J connectivity index is 2.02. The summed E-state index contributed by atoms with van der Waals surface area (Å²) in [6.07, 6.45) is 0.930. The number of β-amino-alcohol motifs (C(OH)–C–C–N with tert-alkyl or cyclic N) is 1. The highest BCUT2D eigenvalue weighted by atomic mass is 16.6. The predicted octanol–water partition coefficient (Wildman–Crippen LogP) is 2.61. The lowest BCUT2D eigenvalue weighted by atomic mass is 9.93. The summed E-state index contributed by atoms with van der Waals surface area (Å²) in [5.41, 5.74) is 1.58. The lowest BCUT2D eigenvalue weighted by Gasteiger charge is -2.22. The van der Waals surface area contributed by atoms with Crippen molar-refractivity contribution >= 4 is 11.8 Å². The summed E-state index contributed by atoms with van der Waals surface area (Å²) in [6, 6.07) is 5.80. The molecule has 0 spiro atoms. The molecule has 0 saturated carbocycles. The van der Waals surface area contributed by atoms with Gasteiger partial charge in [-0.15, -0.1) is 0 Å². The Labute approximate surface area is 132 Å². The maximum absolute atomic E-state index is 11.8. The van der Waals surface area contributed by atoms with Gasteiger partial charge in [-0.1, -0.05) is 12.1 Å². The molecule has 0 aromatic heterocycles. The first-order valence-electron chi connectivity index (χ1n) is 7.70. The molecule has 1 saturated heterocycles. The van der Waals surface area contributed by atoms with Crippen molar-refractivity contribution in [2.75, 3.05) is 18.4 Å². The average Bonchev–Trinajstić information content (AvgIpc) is 2.77. The maximum atomic E-state index is 11.8. The second-order valence-corrected chi connectivity index (χ2v) is 7.10. The van der Waals surface area contributed by atoms with E-state index in [2.05, 4.69) is 10.6 Å². The van der Waals surface area contributed by atoms with E-state index in [0.717, 1.165) is 29.8 Å². The van der Waals surface area contributed by atoms with Crippen LogP contribution in [0.25, 0.3) is 0 Å². The van der Waals surface area contributed by atoms with Crippen LogP contribution >= 0.6 is 0 Å². The van der Waals surface area contributed by atoms with Crippen LogP contribution in [0, 0.1) is 6.92 Å². The second-order valence-electron chi connectivity index (χ2n) is 7.10. The number of hydrogen-bond donors (Lipinski definition) is 3. The number of amides is 1. The first kappa shape index (κ1) is 16.8. The summed E-state index contributed by atoms with van der Waals surface area (Å²) in [4.78, 5) is 11.8. The van der Waals surface area contributed by atoms with E-state index in [0.29, 0.717) is 13.0 Å². The van der Waals surface area contributed by atoms with Crippen LogP contribution in [0.3, 0.4) is 0 Å². The molecule has 1 unspecified atom stereocenters. The fourth-order valence-corrected chi connectivity index (χ4v) is 2.65. The third-order valence-electron chi connectivity index (χ3n) is 3.68. The standard InChI is InChI=1S/C17H26N2O3/c1-12-9-13(10-17(21)7-8-18-11-17)5-6-14(12)19-15(20)22-16(2,3)4/h5-6,9,18,21H,7-8,10-11H2,1-4H3,(H,19,20). The smallest absolute Gasteiger partial charge is 0.412 e. The number of aliphatic hydroxyl groups is 1. The molecule has 122 valence electrons. The Hall–Kier alpha value is -1.59. The number of carbonyl (C=O) groups excluding carboxylic acids is 1. The van der Waals surface area contributed by atoms with Gasteiger partial charge in [-0.3, -0.25) is 5.32 Å². The van der Waals surface area contributed by atoms with E-state index in [1.165, 1.54) is 0 Å². The van der Waals surface area contributed by atoms with Crippen molar-refractivity contribution in [1.29, 1.82) is 0 Å². The van der Waals surface area contributed by atoms with Crippen molar-refractivity contribution in [3.05, 3.63) is 29.3 Å². The number of carbonyl (C=O) groups is 1. The molecule has 3 N–H and O–H groups in total. The molecule has 0 bridgehead atoms. The molecule has 1 aromatic rings. The molecule has 0 radical (unpaired) electrons. The van der Waals surface area contributed by atoms with Crippen molar-refractivity contribution < 1.29 is 14.6 Å². The Morgan fingerprint density at radius 1 is 1.45 bits per heavy atom. The zero-order valence-electron chi connectivity index (χ0n) is 13.8. The predicted molar refractivity (Wildman–Crippen MR) is 87.2 cm³/mol.